The van der Waals surface area contributed by atoms with E-state index in [1.807, 2.05) is 30.9 Å². The first-order valence-electron chi connectivity index (χ1n) is 7.17. The predicted molar refractivity (Wildman–Crippen MR) is 84.1 cm³/mol. The molecule has 2 aromatic rings. The number of halogens is 1. The largest absolute Gasteiger partial charge is 0.337 e. The van der Waals surface area contributed by atoms with Crippen LogP contribution in [0.3, 0.4) is 0 Å². The SMILES string of the molecule is CC(Cc1ccc(Cl)cc1)NCCCCn1ccnc1. The fourth-order valence-corrected chi connectivity index (χ4v) is 2.36. The maximum Gasteiger partial charge on any atom is 0.0945 e. The summed E-state index contributed by atoms with van der Waals surface area (Å²) in [4.78, 5) is 4.04. The van der Waals surface area contributed by atoms with Gasteiger partial charge in [0.25, 0.3) is 0 Å². The van der Waals surface area contributed by atoms with Gasteiger partial charge < -0.3 is 9.88 Å². The first kappa shape index (κ1) is 15.1. The third kappa shape index (κ3) is 5.35. The highest BCUT2D eigenvalue weighted by Gasteiger charge is 2.02. The lowest BCUT2D eigenvalue weighted by Gasteiger charge is -2.14. The number of nitrogens with one attached hydrogen (secondary N) is 1. The number of hydrogen-bond donors (Lipinski definition) is 1. The average Bonchev–Trinajstić information content (AvgIpc) is 2.94. The maximum absolute atomic E-state index is 5.89. The molecule has 0 fully saturated rings. The normalized spacial score (nSPS) is 12.5. The zero-order valence-electron chi connectivity index (χ0n) is 11.9. The molecule has 0 radical (unpaired) electrons. The van der Waals surface area contributed by atoms with E-state index in [1.54, 1.807) is 0 Å². The number of rotatable bonds is 8. The molecule has 1 unspecified atom stereocenters. The summed E-state index contributed by atoms with van der Waals surface area (Å²) in [7, 11) is 0. The third-order valence-corrected chi connectivity index (χ3v) is 3.60. The number of unbranched alkanes of at least 4 members (excludes halogenated alkanes) is 1. The summed E-state index contributed by atoms with van der Waals surface area (Å²) < 4.78 is 2.12. The molecule has 0 bridgehead atoms. The van der Waals surface area contributed by atoms with Gasteiger partial charge in [-0.25, -0.2) is 4.98 Å². The molecule has 3 nitrogen and oxygen atoms in total. The second-order valence-electron chi connectivity index (χ2n) is 5.19. The molecule has 0 saturated heterocycles. The van der Waals surface area contributed by atoms with Gasteiger partial charge in [0.15, 0.2) is 0 Å². The van der Waals surface area contributed by atoms with Gasteiger partial charge in [-0.15, -0.1) is 0 Å². The molecule has 1 aromatic heterocycles. The number of imidazole rings is 1. The zero-order valence-corrected chi connectivity index (χ0v) is 12.7. The quantitative estimate of drug-likeness (QED) is 0.754. The van der Waals surface area contributed by atoms with Gasteiger partial charge in [0.1, 0.15) is 0 Å². The van der Waals surface area contributed by atoms with Crippen molar-refractivity contribution in [1.29, 1.82) is 0 Å². The van der Waals surface area contributed by atoms with Crippen molar-refractivity contribution in [2.75, 3.05) is 6.54 Å². The lowest BCUT2D eigenvalue weighted by Crippen LogP contribution is -2.29. The average molecular weight is 292 g/mol. The standard InChI is InChI=1S/C16H22ClN3/c1-14(12-15-4-6-16(17)7-5-15)19-8-2-3-10-20-11-9-18-13-20/h4-7,9,11,13-14,19H,2-3,8,10,12H2,1H3. The van der Waals surface area contributed by atoms with E-state index in [9.17, 15) is 0 Å². The molecule has 1 N–H and O–H groups in total. The van der Waals surface area contributed by atoms with Crippen molar-refractivity contribution in [1.82, 2.24) is 14.9 Å². The minimum Gasteiger partial charge on any atom is -0.337 e. The Labute approximate surface area is 126 Å². The fourth-order valence-electron chi connectivity index (χ4n) is 2.23. The second kappa shape index (κ2) is 8.08. The summed E-state index contributed by atoms with van der Waals surface area (Å²) in [6.07, 6.45) is 9.11. The van der Waals surface area contributed by atoms with Crippen LogP contribution in [0, 0.1) is 0 Å². The molecule has 0 amide bonds. The molecule has 2 rings (SSSR count). The van der Waals surface area contributed by atoms with Gasteiger partial charge in [-0.3, -0.25) is 0 Å². The Morgan fingerprint density at radius 2 is 2.05 bits per heavy atom. The van der Waals surface area contributed by atoms with Crippen LogP contribution in [0.5, 0.6) is 0 Å². The lowest BCUT2D eigenvalue weighted by atomic mass is 10.1. The highest BCUT2D eigenvalue weighted by atomic mass is 35.5. The molecular formula is C16H22ClN3. The van der Waals surface area contributed by atoms with Gasteiger partial charge in [-0.2, -0.15) is 0 Å². The van der Waals surface area contributed by atoms with Crippen LogP contribution in [0.4, 0.5) is 0 Å². The van der Waals surface area contributed by atoms with Crippen molar-refractivity contribution < 1.29 is 0 Å². The van der Waals surface area contributed by atoms with Crippen LogP contribution >= 0.6 is 11.6 Å². The third-order valence-electron chi connectivity index (χ3n) is 3.35. The minimum absolute atomic E-state index is 0.490. The second-order valence-corrected chi connectivity index (χ2v) is 5.63. The van der Waals surface area contributed by atoms with Gasteiger partial charge in [0.05, 0.1) is 6.33 Å². The maximum atomic E-state index is 5.89. The highest BCUT2D eigenvalue weighted by Crippen LogP contribution is 2.11. The van der Waals surface area contributed by atoms with Crippen LogP contribution in [-0.4, -0.2) is 22.1 Å². The van der Waals surface area contributed by atoms with Gasteiger partial charge >= 0.3 is 0 Å². The first-order chi connectivity index (χ1) is 9.74. The number of nitrogens with zero attached hydrogens (tertiary/aromatic N) is 2. The molecule has 1 heterocycles. The van der Waals surface area contributed by atoms with Crippen molar-refractivity contribution in [3.05, 3.63) is 53.6 Å². The van der Waals surface area contributed by atoms with E-state index >= 15 is 0 Å². The Morgan fingerprint density at radius 3 is 2.75 bits per heavy atom. The van der Waals surface area contributed by atoms with Crippen LogP contribution in [0.15, 0.2) is 43.0 Å². The van der Waals surface area contributed by atoms with Gasteiger partial charge in [-0.1, -0.05) is 23.7 Å². The van der Waals surface area contributed by atoms with Crippen molar-refractivity contribution in [2.24, 2.45) is 0 Å². The fraction of sp³-hybridized carbons (Fsp3) is 0.438. The van der Waals surface area contributed by atoms with E-state index in [4.69, 9.17) is 11.6 Å². The Bertz CT molecular complexity index is 479. The van der Waals surface area contributed by atoms with E-state index in [0.29, 0.717) is 6.04 Å². The summed E-state index contributed by atoms with van der Waals surface area (Å²) in [6.45, 7) is 4.33. The summed E-state index contributed by atoms with van der Waals surface area (Å²) in [5, 5.41) is 4.37. The summed E-state index contributed by atoms with van der Waals surface area (Å²) >= 11 is 5.89. The van der Waals surface area contributed by atoms with Crippen LogP contribution in [-0.2, 0) is 13.0 Å². The van der Waals surface area contributed by atoms with Crippen molar-refractivity contribution in [3.8, 4) is 0 Å². The molecule has 0 spiro atoms. The Hall–Kier alpha value is -1.32. The van der Waals surface area contributed by atoms with Crippen LogP contribution in [0.1, 0.15) is 25.3 Å². The number of benzene rings is 1. The molecule has 108 valence electrons. The smallest absolute Gasteiger partial charge is 0.0945 e. The Kier molecular flexibility index (Phi) is 6.09. The molecule has 0 aliphatic rings. The van der Waals surface area contributed by atoms with E-state index in [-0.39, 0.29) is 0 Å². The molecule has 4 heteroatoms. The Balaban J connectivity index is 1.58. The molecule has 0 aliphatic heterocycles. The van der Waals surface area contributed by atoms with Crippen LogP contribution in [0.2, 0.25) is 5.02 Å². The molecule has 1 atom stereocenters. The van der Waals surface area contributed by atoms with E-state index < -0.39 is 0 Å². The zero-order chi connectivity index (χ0) is 14.2. The molecular weight excluding hydrogens is 270 g/mol. The monoisotopic (exact) mass is 291 g/mol. The number of aryl methyl sites for hydroxylation is 1. The van der Waals surface area contributed by atoms with Gasteiger partial charge in [0.2, 0.25) is 0 Å². The highest BCUT2D eigenvalue weighted by molar-refractivity contribution is 6.30. The van der Waals surface area contributed by atoms with Crippen LogP contribution < -0.4 is 5.32 Å². The van der Waals surface area contributed by atoms with E-state index in [0.717, 1.165) is 24.5 Å². The van der Waals surface area contributed by atoms with E-state index in [2.05, 4.69) is 33.9 Å². The predicted octanol–water partition coefficient (Wildman–Crippen LogP) is 3.54. The molecule has 0 saturated carbocycles. The van der Waals surface area contributed by atoms with Gasteiger partial charge in [-0.05, 0) is 50.4 Å². The lowest BCUT2D eigenvalue weighted by molar-refractivity contribution is 0.508. The van der Waals surface area contributed by atoms with Crippen molar-refractivity contribution >= 4 is 11.6 Å². The van der Waals surface area contributed by atoms with Crippen molar-refractivity contribution in [3.63, 3.8) is 0 Å². The molecule has 0 aliphatic carbocycles. The minimum atomic E-state index is 0.490. The molecule has 1 aromatic carbocycles. The van der Waals surface area contributed by atoms with Crippen molar-refractivity contribution in [2.45, 2.75) is 38.8 Å². The van der Waals surface area contributed by atoms with Gasteiger partial charge in [0, 0.05) is 30.0 Å². The molecule has 20 heavy (non-hydrogen) atoms. The topological polar surface area (TPSA) is 29.9 Å². The van der Waals surface area contributed by atoms with Crippen LogP contribution in [0.25, 0.3) is 0 Å². The number of aromatic nitrogens is 2. The summed E-state index contributed by atoms with van der Waals surface area (Å²) in [5.41, 5.74) is 1.33. The van der Waals surface area contributed by atoms with E-state index in [1.165, 1.54) is 18.4 Å². The Morgan fingerprint density at radius 1 is 1.25 bits per heavy atom. The number of hydrogen-bond acceptors (Lipinski definition) is 2. The first-order valence-corrected chi connectivity index (χ1v) is 7.55. The summed E-state index contributed by atoms with van der Waals surface area (Å²) in [6, 6.07) is 8.59. The summed E-state index contributed by atoms with van der Waals surface area (Å²) in [5.74, 6) is 0.